The largest absolute Gasteiger partial charge is 0.312 e. The Balaban J connectivity index is 2.05. The van der Waals surface area contributed by atoms with E-state index in [9.17, 15) is 0 Å². The highest BCUT2D eigenvalue weighted by molar-refractivity contribution is 4.91. The summed E-state index contributed by atoms with van der Waals surface area (Å²) in [5.74, 6) is 0. The van der Waals surface area contributed by atoms with Crippen molar-refractivity contribution in [3.8, 4) is 0 Å². The smallest absolute Gasteiger partial charge is 0.0542 e. The fourth-order valence-corrected chi connectivity index (χ4v) is 1.80. The minimum atomic E-state index is 0.435. The Morgan fingerprint density at radius 2 is 1.54 bits per heavy atom. The van der Waals surface area contributed by atoms with Crippen molar-refractivity contribution in [1.29, 1.82) is 0 Å². The molecule has 1 atom stereocenters. The van der Waals surface area contributed by atoms with Gasteiger partial charge in [-0.1, -0.05) is 13.8 Å². The van der Waals surface area contributed by atoms with Gasteiger partial charge in [0.2, 0.25) is 0 Å². The van der Waals surface area contributed by atoms with Crippen molar-refractivity contribution >= 4 is 0 Å². The molecule has 0 aromatic rings. The van der Waals surface area contributed by atoms with Crippen LogP contribution in [0.2, 0.25) is 0 Å². The highest BCUT2D eigenvalue weighted by atomic mass is 15.1. The molecule has 0 aromatic heterocycles. The van der Waals surface area contributed by atoms with Crippen LogP contribution in [0.1, 0.15) is 33.6 Å². The van der Waals surface area contributed by atoms with Gasteiger partial charge in [-0.05, 0) is 26.8 Å². The van der Waals surface area contributed by atoms with E-state index in [0.717, 1.165) is 6.04 Å². The Morgan fingerprint density at radius 1 is 1.00 bits per heavy atom. The average molecular weight is 185 g/mol. The first-order chi connectivity index (χ1) is 6.11. The molecule has 3 nitrogen and oxygen atoms in total. The van der Waals surface area contributed by atoms with Crippen LogP contribution in [0.5, 0.6) is 0 Å². The third-order valence-electron chi connectivity index (χ3n) is 2.63. The molecule has 3 N–H and O–H groups in total. The lowest BCUT2D eigenvalue weighted by atomic mass is 9.86. The van der Waals surface area contributed by atoms with Gasteiger partial charge in [-0.25, -0.2) is 0 Å². The maximum atomic E-state index is 3.54. The fourth-order valence-electron chi connectivity index (χ4n) is 1.80. The van der Waals surface area contributed by atoms with Crippen LogP contribution in [0.3, 0.4) is 0 Å². The van der Waals surface area contributed by atoms with Crippen LogP contribution in [-0.4, -0.2) is 31.3 Å². The molecule has 0 radical (unpaired) electrons. The van der Waals surface area contributed by atoms with Crippen LogP contribution in [0, 0.1) is 0 Å². The summed E-state index contributed by atoms with van der Waals surface area (Å²) in [4.78, 5) is 0. The van der Waals surface area contributed by atoms with Crippen LogP contribution < -0.4 is 16.0 Å². The number of hydrogen-bond donors (Lipinski definition) is 3. The summed E-state index contributed by atoms with van der Waals surface area (Å²) in [6.07, 6.45) is 2.97. The lowest BCUT2D eigenvalue weighted by Crippen LogP contribution is -2.56. The van der Waals surface area contributed by atoms with Gasteiger partial charge in [0.25, 0.3) is 0 Å². The first-order valence-electron chi connectivity index (χ1n) is 5.31. The molecule has 0 aromatic carbocycles. The van der Waals surface area contributed by atoms with Crippen molar-refractivity contribution < 1.29 is 0 Å². The standard InChI is InChI=1S/C10H23N3/c1-7(2)12-9-5-10(6-9)13-8(3)11-4/h7-13H,5-6H2,1-4H3. The van der Waals surface area contributed by atoms with Crippen molar-refractivity contribution in [2.24, 2.45) is 0 Å². The fraction of sp³-hybridized carbons (Fsp3) is 1.00. The van der Waals surface area contributed by atoms with Gasteiger partial charge in [-0.15, -0.1) is 0 Å². The van der Waals surface area contributed by atoms with E-state index in [-0.39, 0.29) is 0 Å². The minimum absolute atomic E-state index is 0.435. The topological polar surface area (TPSA) is 36.1 Å². The zero-order valence-electron chi connectivity index (χ0n) is 9.22. The zero-order valence-corrected chi connectivity index (χ0v) is 9.22. The van der Waals surface area contributed by atoms with Crippen LogP contribution in [0.25, 0.3) is 0 Å². The zero-order chi connectivity index (χ0) is 9.84. The lowest BCUT2D eigenvalue weighted by molar-refractivity contribution is 0.217. The van der Waals surface area contributed by atoms with Gasteiger partial charge in [-0.3, -0.25) is 5.32 Å². The van der Waals surface area contributed by atoms with E-state index >= 15 is 0 Å². The van der Waals surface area contributed by atoms with Gasteiger partial charge in [0.15, 0.2) is 0 Å². The summed E-state index contributed by atoms with van der Waals surface area (Å²) in [6.45, 7) is 6.57. The summed E-state index contributed by atoms with van der Waals surface area (Å²) in [7, 11) is 1.99. The molecule has 3 heteroatoms. The molecule has 0 heterocycles. The maximum absolute atomic E-state index is 3.54. The van der Waals surface area contributed by atoms with E-state index in [0.29, 0.717) is 18.2 Å². The Kier molecular flexibility index (Phi) is 4.16. The van der Waals surface area contributed by atoms with E-state index in [1.54, 1.807) is 0 Å². The molecule has 1 fully saturated rings. The molecule has 0 saturated heterocycles. The summed E-state index contributed by atoms with van der Waals surface area (Å²) in [5.41, 5.74) is 0. The number of hydrogen-bond acceptors (Lipinski definition) is 3. The molecule has 1 rings (SSSR count). The molecular weight excluding hydrogens is 162 g/mol. The van der Waals surface area contributed by atoms with Gasteiger partial charge in [0.05, 0.1) is 6.17 Å². The molecule has 0 amide bonds. The molecule has 1 aliphatic rings. The maximum Gasteiger partial charge on any atom is 0.0542 e. The lowest BCUT2D eigenvalue weighted by Gasteiger charge is -2.39. The van der Waals surface area contributed by atoms with Crippen LogP contribution in [0.15, 0.2) is 0 Å². The predicted octanol–water partition coefficient (Wildman–Crippen LogP) is 0.670. The predicted molar refractivity (Wildman–Crippen MR) is 56.7 cm³/mol. The molecule has 1 aliphatic carbocycles. The van der Waals surface area contributed by atoms with Gasteiger partial charge in [-0.2, -0.15) is 0 Å². The van der Waals surface area contributed by atoms with Crippen LogP contribution in [-0.2, 0) is 0 Å². The highest BCUT2D eigenvalue weighted by Gasteiger charge is 2.29. The summed E-state index contributed by atoms with van der Waals surface area (Å²) >= 11 is 0. The molecule has 0 aliphatic heterocycles. The summed E-state index contributed by atoms with van der Waals surface area (Å²) < 4.78 is 0. The second-order valence-corrected chi connectivity index (χ2v) is 4.36. The quantitative estimate of drug-likeness (QED) is 0.551. The van der Waals surface area contributed by atoms with E-state index in [2.05, 4.69) is 36.7 Å². The van der Waals surface area contributed by atoms with Gasteiger partial charge >= 0.3 is 0 Å². The van der Waals surface area contributed by atoms with Crippen LogP contribution >= 0.6 is 0 Å². The molecular formula is C10H23N3. The Labute approximate surface area is 81.7 Å². The highest BCUT2D eigenvalue weighted by Crippen LogP contribution is 2.20. The summed E-state index contributed by atoms with van der Waals surface area (Å²) in [6, 6.07) is 2.06. The number of nitrogens with one attached hydrogen (secondary N) is 3. The van der Waals surface area contributed by atoms with Gasteiger partial charge < -0.3 is 10.6 Å². The number of rotatable bonds is 5. The monoisotopic (exact) mass is 185 g/mol. The second kappa shape index (κ2) is 4.94. The minimum Gasteiger partial charge on any atom is -0.312 e. The van der Waals surface area contributed by atoms with Crippen molar-refractivity contribution in [2.45, 2.75) is 57.9 Å². The van der Waals surface area contributed by atoms with Crippen LogP contribution in [0.4, 0.5) is 0 Å². The van der Waals surface area contributed by atoms with Crippen molar-refractivity contribution in [3.63, 3.8) is 0 Å². The molecule has 1 unspecified atom stereocenters. The first kappa shape index (κ1) is 11.0. The normalized spacial score (nSPS) is 30.2. The first-order valence-corrected chi connectivity index (χ1v) is 5.31. The van der Waals surface area contributed by atoms with Crippen molar-refractivity contribution in [1.82, 2.24) is 16.0 Å². The van der Waals surface area contributed by atoms with Crippen molar-refractivity contribution in [3.05, 3.63) is 0 Å². The molecule has 13 heavy (non-hydrogen) atoms. The average Bonchev–Trinajstić information content (AvgIpc) is 1.99. The van der Waals surface area contributed by atoms with Gasteiger partial charge in [0, 0.05) is 18.1 Å². The second-order valence-electron chi connectivity index (χ2n) is 4.36. The summed E-state index contributed by atoms with van der Waals surface area (Å²) in [5, 5.41) is 10.2. The SMILES string of the molecule is CNC(C)NC1CC(NC(C)C)C1. The van der Waals surface area contributed by atoms with Gasteiger partial charge in [0.1, 0.15) is 0 Å². The van der Waals surface area contributed by atoms with E-state index in [1.807, 2.05) is 7.05 Å². The molecule has 78 valence electrons. The van der Waals surface area contributed by atoms with Crippen molar-refractivity contribution in [2.75, 3.05) is 7.05 Å². The van der Waals surface area contributed by atoms with E-state index < -0.39 is 0 Å². The molecule has 1 saturated carbocycles. The third kappa shape index (κ3) is 3.63. The third-order valence-corrected chi connectivity index (χ3v) is 2.63. The Morgan fingerprint density at radius 3 is 2.00 bits per heavy atom. The van der Waals surface area contributed by atoms with E-state index in [1.165, 1.54) is 12.8 Å². The van der Waals surface area contributed by atoms with E-state index in [4.69, 9.17) is 0 Å². The Bertz CT molecular complexity index is 141. The Hall–Kier alpha value is -0.120. The molecule has 0 spiro atoms. The molecule has 0 bridgehead atoms.